The van der Waals surface area contributed by atoms with Gasteiger partial charge in [0.1, 0.15) is 28.4 Å². The zero-order valence-electron chi connectivity index (χ0n) is 18.2. The maximum absolute atomic E-state index is 12.8. The Morgan fingerprint density at radius 3 is 2.44 bits per heavy atom. The van der Waals surface area contributed by atoms with Crippen LogP contribution in [0.1, 0.15) is 17.3 Å². The zero-order chi connectivity index (χ0) is 23.8. The van der Waals surface area contributed by atoms with Gasteiger partial charge in [0, 0.05) is 27.4 Å². The second-order valence-corrected chi connectivity index (χ2v) is 7.64. The molecule has 0 bridgehead atoms. The first-order valence-electron chi connectivity index (χ1n) is 10.6. The highest BCUT2D eigenvalue weighted by Crippen LogP contribution is 2.30. The highest BCUT2D eigenvalue weighted by molar-refractivity contribution is 6.05. The van der Waals surface area contributed by atoms with Crippen LogP contribution in [-0.4, -0.2) is 31.8 Å². The van der Waals surface area contributed by atoms with Crippen LogP contribution < -0.4 is 16.0 Å². The van der Waals surface area contributed by atoms with E-state index in [1.807, 2.05) is 30.3 Å². The van der Waals surface area contributed by atoms with Crippen LogP contribution in [0, 0.1) is 4.91 Å². The smallest absolute Gasteiger partial charge is 0.259 e. The monoisotopic (exact) mass is 454 g/mol. The summed E-state index contributed by atoms with van der Waals surface area (Å²) in [5.74, 6) is 0.589. The van der Waals surface area contributed by atoms with Crippen LogP contribution in [0.4, 0.5) is 5.69 Å². The van der Waals surface area contributed by atoms with Crippen molar-refractivity contribution in [3.05, 3.63) is 93.6 Å². The topological polar surface area (TPSA) is 123 Å². The lowest BCUT2D eigenvalue weighted by Crippen LogP contribution is -2.15. The Labute approximate surface area is 193 Å². The molecule has 0 aliphatic carbocycles. The van der Waals surface area contributed by atoms with Gasteiger partial charge in [0.15, 0.2) is 6.54 Å². The minimum atomic E-state index is -0.724. The summed E-state index contributed by atoms with van der Waals surface area (Å²) in [6.45, 7) is 1.97. The number of ether oxygens (including phenoxy) is 1. The number of benzene rings is 3. The van der Waals surface area contributed by atoms with E-state index in [4.69, 9.17) is 10.5 Å². The van der Waals surface area contributed by atoms with Gasteiger partial charge in [-0.05, 0) is 49.4 Å². The average Bonchev–Trinajstić information content (AvgIpc) is 3.24. The molecule has 5 aromatic rings. The third kappa shape index (κ3) is 3.58. The number of rotatable bonds is 6. The molecule has 5 rings (SSSR count). The number of carbonyl (C=O) groups is 1. The van der Waals surface area contributed by atoms with E-state index in [-0.39, 0.29) is 23.1 Å². The number of aromatic nitrogens is 3. The molecule has 0 saturated carbocycles. The maximum Gasteiger partial charge on any atom is 0.259 e. The molecular weight excluding hydrogens is 434 g/mol. The van der Waals surface area contributed by atoms with Gasteiger partial charge in [-0.15, -0.1) is 0 Å². The predicted molar refractivity (Wildman–Crippen MR) is 128 cm³/mol. The summed E-state index contributed by atoms with van der Waals surface area (Å²) in [6.07, 6.45) is 0. The number of nitrogens with two attached hydrogens (primary N) is 1. The molecule has 3 N–H and O–H groups in total. The summed E-state index contributed by atoms with van der Waals surface area (Å²) in [5, 5.41) is 4.87. The van der Waals surface area contributed by atoms with Gasteiger partial charge in [0.2, 0.25) is 0 Å². The second-order valence-electron chi connectivity index (χ2n) is 7.64. The standard InChI is InChI=1S/C25H19N5O4/c1-2-29(33)16-10-13-20-19(14-16)25(32)27-24-21(23(26)31)22(28-30(20)24)15-8-11-18(12-9-15)34-17-6-4-3-5-7-17/h3-14H,2H2,1H3,(H2-,26,27,28,31,32)/p+1. The highest BCUT2D eigenvalue weighted by atomic mass is 16.5. The van der Waals surface area contributed by atoms with Crippen LogP contribution in [0.25, 0.3) is 27.8 Å². The van der Waals surface area contributed by atoms with Gasteiger partial charge in [-0.3, -0.25) is 9.59 Å². The largest absolute Gasteiger partial charge is 0.457 e. The Balaban J connectivity index is 1.64. The van der Waals surface area contributed by atoms with Crippen molar-refractivity contribution in [2.75, 3.05) is 6.54 Å². The second kappa shape index (κ2) is 8.28. The van der Waals surface area contributed by atoms with Crippen molar-refractivity contribution in [3.63, 3.8) is 0 Å². The van der Waals surface area contributed by atoms with Crippen LogP contribution >= 0.6 is 0 Å². The van der Waals surface area contributed by atoms with E-state index >= 15 is 0 Å². The molecule has 1 amide bonds. The molecule has 0 fully saturated rings. The summed E-state index contributed by atoms with van der Waals surface area (Å²) in [6, 6.07) is 21.2. The number of nitrogens with zero attached hydrogens (tertiary/aromatic N) is 3. The molecule has 2 heterocycles. The van der Waals surface area contributed by atoms with Gasteiger partial charge in [0.25, 0.3) is 17.2 Å². The van der Waals surface area contributed by atoms with Crippen molar-refractivity contribution in [2.45, 2.75) is 6.92 Å². The first-order chi connectivity index (χ1) is 16.5. The molecular formula is C25H20N5O4+. The van der Waals surface area contributed by atoms with E-state index < -0.39 is 11.5 Å². The molecule has 0 aliphatic heterocycles. The summed E-state index contributed by atoms with van der Waals surface area (Å²) in [4.78, 5) is 39.9. The van der Waals surface area contributed by atoms with Crippen molar-refractivity contribution < 1.29 is 14.3 Å². The normalized spacial score (nSPS) is 11.1. The van der Waals surface area contributed by atoms with Gasteiger partial charge in [-0.1, -0.05) is 18.2 Å². The Bertz CT molecular complexity index is 1620. The van der Waals surface area contributed by atoms with Crippen molar-refractivity contribution in [2.24, 2.45) is 5.73 Å². The number of aromatic amines is 1. The molecule has 0 spiro atoms. The number of para-hydroxylation sites is 1. The van der Waals surface area contributed by atoms with Crippen molar-refractivity contribution in [3.8, 4) is 22.8 Å². The molecule has 3 aromatic carbocycles. The third-order valence-electron chi connectivity index (χ3n) is 5.50. The van der Waals surface area contributed by atoms with Crippen LogP contribution in [0.2, 0.25) is 0 Å². The Morgan fingerprint density at radius 1 is 1.06 bits per heavy atom. The zero-order valence-corrected chi connectivity index (χ0v) is 18.2. The Morgan fingerprint density at radius 2 is 1.76 bits per heavy atom. The lowest BCUT2D eigenvalue weighted by molar-refractivity contribution is -0.458. The number of hydrogen-bond donors (Lipinski definition) is 2. The van der Waals surface area contributed by atoms with Gasteiger partial charge in [0.05, 0.1) is 10.9 Å². The van der Waals surface area contributed by atoms with Crippen molar-refractivity contribution in [1.82, 2.24) is 14.6 Å². The fraction of sp³-hybridized carbons (Fsp3) is 0.0800. The molecule has 0 radical (unpaired) electrons. The van der Waals surface area contributed by atoms with Crippen LogP contribution in [0.3, 0.4) is 0 Å². The van der Waals surface area contributed by atoms with E-state index in [1.165, 1.54) is 10.6 Å². The maximum atomic E-state index is 12.8. The minimum absolute atomic E-state index is 0.0961. The number of carbonyl (C=O) groups excluding carboxylic acids is 1. The van der Waals surface area contributed by atoms with Crippen molar-refractivity contribution >= 4 is 28.1 Å². The number of primary amides is 1. The molecule has 9 nitrogen and oxygen atoms in total. The summed E-state index contributed by atoms with van der Waals surface area (Å²) in [7, 11) is 0. The predicted octanol–water partition coefficient (Wildman–Crippen LogP) is 4.16. The molecule has 34 heavy (non-hydrogen) atoms. The van der Waals surface area contributed by atoms with E-state index in [0.717, 1.165) is 4.76 Å². The molecule has 0 saturated heterocycles. The molecule has 0 aliphatic rings. The molecule has 168 valence electrons. The van der Waals surface area contributed by atoms with Gasteiger partial charge < -0.3 is 15.5 Å². The van der Waals surface area contributed by atoms with Crippen LogP contribution in [0.15, 0.2) is 77.6 Å². The molecule has 0 atom stereocenters. The molecule has 2 aromatic heterocycles. The number of fused-ring (bicyclic) bond motifs is 3. The van der Waals surface area contributed by atoms with E-state index in [1.54, 1.807) is 43.3 Å². The SMILES string of the molecule is CC[N+](=O)c1ccc2c(c1)c(=O)[nH]c1c(C(N)=O)c(-c3ccc(Oc4ccccc4)cc3)nn12. The van der Waals surface area contributed by atoms with Gasteiger partial charge >= 0.3 is 0 Å². The van der Waals surface area contributed by atoms with Crippen LogP contribution in [0.5, 0.6) is 11.5 Å². The van der Waals surface area contributed by atoms with Gasteiger partial charge in [-0.2, -0.15) is 5.10 Å². The molecule has 0 unspecified atom stereocenters. The lowest BCUT2D eigenvalue weighted by atomic mass is 10.1. The number of nitroso groups, excluding NO2 is 1. The summed E-state index contributed by atoms with van der Waals surface area (Å²) in [5.41, 5.74) is 7.27. The van der Waals surface area contributed by atoms with Crippen LogP contribution in [-0.2, 0) is 0 Å². The summed E-state index contributed by atoms with van der Waals surface area (Å²) < 4.78 is 8.07. The fourth-order valence-corrected chi connectivity index (χ4v) is 3.85. The van der Waals surface area contributed by atoms with E-state index in [2.05, 4.69) is 10.1 Å². The Kier molecular flexibility index (Phi) is 5.14. The quantitative estimate of drug-likeness (QED) is 0.373. The van der Waals surface area contributed by atoms with Crippen molar-refractivity contribution in [1.29, 1.82) is 0 Å². The lowest BCUT2D eigenvalue weighted by Gasteiger charge is -2.06. The number of hydrogen-bond acceptors (Lipinski definition) is 5. The van der Waals surface area contributed by atoms with E-state index in [0.29, 0.717) is 34.0 Å². The number of H-pyrrole nitrogens is 1. The third-order valence-corrected chi connectivity index (χ3v) is 5.50. The highest BCUT2D eigenvalue weighted by Gasteiger charge is 2.23. The average molecular weight is 454 g/mol. The fourth-order valence-electron chi connectivity index (χ4n) is 3.85. The number of nitrogens with one attached hydrogen (secondary N) is 1. The van der Waals surface area contributed by atoms with Gasteiger partial charge in [-0.25, -0.2) is 4.52 Å². The summed E-state index contributed by atoms with van der Waals surface area (Å²) >= 11 is 0. The first kappa shape index (κ1) is 21.1. The number of amides is 1. The van der Waals surface area contributed by atoms with E-state index in [9.17, 15) is 14.5 Å². The minimum Gasteiger partial charge on any atom is -0.457 e. The Hall–Kier alpha value is -4.79. The first-order valence-corrected chi connectivity index (χ1v) is 10.6. The molecule has 9 heteroatoms.